The molecule has 2 aliphatic rings. The predicted molar refractivity (Wildman–Crippen MR) is 118 cm³/mol. The minimum Gasteiger partial charge on any atom is -0.463 e. The van der Waals surface area contributed by atoms with Crippen molar-refractivity contribution in [2.24, 2.45) is 11.8 Å². The van der Waals surface area contributed by atoms with Crippen LogP contribution in [0.3, 0.4) is 0 Å². The molecule has 2 aromatic rings. The number of hydrogen-bond acceptors (Lipinski definition) is 7. The lowest BCUT2D eigenvalue weighted by atomic mass is 9.81. The minimum atomic E-state index is -1.68. The van der Waals surface area contributed by atoms with Gasteiger partial charge in [-0.25, -0.2) is 9.59 Å². The number of para-hydroxylation sites is 1. The van der Waals surface area contributed by atoms with Crippen molar-refractivity contribution in [3.05, 3.63) is 59.1 Å². The zero-order valence-corrected chi connectivity index (χ0v) is 18.6. The molecule has 3 unspecified atom stereocenters. The number of nitrogens with zero attached hydrogens (tertiary/aromatic N) is 1. The molecule has 33 heavy (non-hydrogen) atoms. The number of benzene rings is 2. The van der Waals surface area contributed by atoms with E-state index >= 15 is 0 Å². The lowest BCUT2D eigenvalue weighted by Gasteiger charge is -2.19. The second kappa shape index (κ2) is 9.62. The van der Waals surface area contributed by atoms with E-state index in [1.165, 1.54) is 18.2 Å². The normalized spacial score (nSPS) is 20.7. The number of esters is 2. The molecule has 2 fully saturated rings. The van der Waals surface area contributed by atoms with Crippen molar-refractivity contribution >= 4 is 41.0 Å². The van der Waals surface area contributed by atoms with Crippen LogP contribution in [0.1, 0.15) is 36.0 Å². The van der Waals surface area contributed by atoms with Gasteiger partial charge in [-0.1, -0.05) is 42.6 Å². The van der Waals surface area contributed by atoms with E-state index in [2.05, 4.69) is 4.74 Å². The second-order valence-corrected chi connectivity index (χ2v) is 8.27. The third-order valence-electron chi connectivity index (χ3n) is 5.86. The first kappa shape index (κ1) is 22.8. The number of rotatable bonds is 6. The maximum atomic E-state index is 12.9. The fourth-order valence-corrected chi connectivity index (χ4v) is 4.42. The van der Waals surface area contributed by atoms with E-state index < -0.39 is 18.2 Å². The summed E-state index contributed by atoms with van der Waals surface area (Å²) in [5.74, 6) is -2.81. The standard InChI is InChI=1S/C24H22ClNO7/c1-31-23(30)24(32-15-7-3-2-4-8-15)33-22(29)18-13-14(11-12-19(18)25)26-20(27)16-9-5-6-10-17(16)21(26)28/h2-4,7-8,11-13,16-17,24H,5-6,9-10H2,1H3. The molecule has 1 aliphatic heterocycles. The number of halogens is 1. The Hall–Kier alpha value is -3.39. The van der Waals surface area contributed by atoms with Gasteiger partial charge in [0.15, 0.2) is 0 Å². The van der Waals surface area contributed by atoms with Crippen LogP contribution in [0.15, 0.2) is 48.5 Å². The monoisotopic (exact) mass is 471 g/mol. The van der Waals surface area contributed by atoms with E-state index in [0.29, 0.717) is 12.8 Å². The minimum absolute atomic E-state index is 0.0311. The molecule has 0 N–H and O–H groups in total. The van der Waals surface area contributed by atoms with E-state index in [4.69, 9.17) is 21.1 Å². The molecule has 8 nitrogen and oxygen atoms in total. The van der Waals surface area contributed by atoms with Crippen molar-refractivity contribution in [2.75, 3.05) is 12.0 Å². The zero-order valence-electron chi connectivity index (χ0n) is 17.9. The van der Waals surface area contributed by atoms with Gasteiger partial charge < -0.3 is 14.2 Å². The van der Waals surface area contributed by atoms with Crippen molar-refractivity contribution in [1.29, 1.82) is 0 Å². The molecule has 2 amide bonds. The summed E-state index contributed by atoms with van der Waals surface area (Å²) in [5.41, 5.74) is 0.115. The molecule has 0 radical (unpaired) electrons. The molecule has 1 saturated carbocycles. The Morgan fingerprint density at radius 2 is 1.64 bits per heavy atom. The Morgan fingerprint density at radius 1 is 1.00 bits per heavy atom. The first-order valence-electron chi connectivity index (χ1n) is 10.6. The summed E-state index contributed by atoms with van der Waals surface area (Å²) in [6, 6.07) is 12.5. The maximum Gasteiger partial charge on any atom is 0.389 e. The van der Waals surface area contributed by atoms with E-state index in [1.54, 1.807) is 30.3 Å². The smallest absolute Gasteiger partial charge is 0.389 e. The van der Waals surface area contributed by atoms with Gasteiger partial charge in [0.25, 0.3) is 0 Å². The highest BCUT2D eigenvalue weighted by Crippen LogP contribution is 2.40. The lowest BCUT2D eigenvalue weighted by molar-refractivity contribution is -0.166. The van der Waals surface area contributed by atoms with Gasteiger partial charge in [-0.05, 0) is 43.2 Å². The van der Waals surface area contributed by atoms with Crippen LogP contribution in [-0.2, 0) is 23.9 Å². The Morgan fingerprint density at radius 3 is 2.24 bits per heavy atom. The van der Waals surface area contributed by atoms with Gasteiger partial charge in [-0.2, -0.15) is 0 Å². The molecule has 3 atom stereocenters. The van der Waals surface area contributed by atoms with Gasteiger partial charge in [0, 0.05) is 0 Å². The highest BCUT2D eigenvalue weighted by Gasteiger charge is 2.48. The van der Waals surface area contributed by atoms with E-state index in [1.807, 2.05) is 0 Å². The molecule has 4 rings (SSSR count). The number of amides is 2. The van der Waals surface area contributed by atoms with Crippen LogP contribution in [0.5, 0.6) is 5.75 Å². The lowest BCUT2D eigenvalue weighted by Crippen LogP contribution is -2.34. The van der Waals surface area contributed by atoms with Crippen LogP contribution in [0.25, 0.3) is 0 Å². The summed E-state index contributed by atoms with van der Waals surface area (Å²) < 4.78 is 15.3. The Labute approximate surface area is 195 Å². The maximum absolute atomic E-state index is 12.9. The van der Waals surface area contributed by atoms with Crippen molar-refractivity contribution in [2.45, 2.75) is 32.0 Å². The summed E-state index contributed by atoms with van der Waals surface area (Å²) in [7, 11) is 1.13. The number of anilines is 1. The SMILES string of the molecule is COC(=O)C(OC(=O)c1cc(N2C(=O)C3CCCCC3C2=O)ccc1Cl)Oc1ccccc1. The first-order chi connectivity index (χ1) is 15.9. The number of ether oxygens (including phenoxy) is 3. The third kappa shape index (κ3) is 4.57. The van der Waals surface area contributed by atoms with Crippen LogP contribution in [0.4, 0.5) is 5.69 Å². The summed E-state index contributed by atoms with van der Waals surface area (Å²) in [6.07, 6.45) is 1.48. The van der Waals surface area contributed by atoms with Gasteiger partial charge in [-0.15, -0.1) is 0 Å². The van der Waals surface area contributed by atoms with Crippen LogP contribution in [0.2, 0.25) is 5.02 Å². The van der Waals surface area contributed by atoms with Gasteiger partial charge in [0.2, 0.25) is 11.8 Å². The zero-order chi connectivity index (χ0) is 23.5. The van der Waals surface area contributed by atoms with Crippen LogP contribution >= 0.6 is 11.6 Å². The largest absolute Gasteiger partial charge is 0.463 e. The van der Waals surface area contributed by atoms with Gasteiger partial charge in [0.1, 0.15) is 5.75 Å². The molecule has 1 aliphatic carbocycles. The molecular weight excluding hydrogens is 450 g/mol. The number of carbonyl (C=O) groups excluding carboxylic acids is 4. The molecule has 1 heterocycles. The van der Waals surface area contributed by atoms with Crippen molar-refractivity contribution in [3.8, 4) is 5.75 Å². The van der Waals surface area contributed by atoms with Crippen molar-refractivity contribution in [1.82, 2.24) is 0 Å². The van der Waals surface area contributed by atoms with Crippen LogP contribution in [0, 0.1) is 11.8 Å². The molecule has 0 bridgehead atoms. The number of carbonyl (C=O) groups is 4. The van der Waals surface area contributed by atoms with E-state index in [0.717, 1.165) is 24.9 Å². The van der Waals surface area contributed by atoms with Crippen LogP contribution in [-0.4, -0.2) is 37.2 Å². The molecule has 0 spiro atoms. The summed E-state index contributed by atoms with van der Waals surface area (Å²) >= 11 is 6.20. The number of methoxy groups -OCH3 is 1. The molecule has 0 aromatic heterocycles. The Kier molecular flexibility index (Phi) is 6.65. The van der Waals surface area contributed by atoms with E-state index in [-0.39, 0.29) is 45.7 Å². The molecule has 2 aromatic carbocycles. The fourth-order valence-electron chi connectivity index (χ4n) is 4.23. The topological polar surface area (TPSA) is 99.2 Å². The number of hydrogen-bond donors (Lipinski definition) is 0. The van der Waals surface area contributed by atoms with Crippen molar-refractivity contribution in [3.63, 3.8) is 0 Å². The fraction of sp³-hybridized carbons (Fsp3) is 0.333. The molecule has 172 valence electrons. The summed E-state index contributed by atoms with van der Waals surface area (Å²) in [5, 5.41) is 0.0311. The van der Waals surface area contributed by atoms with Gasteiger partial charge in [-0.3, -0.25) is 14.5 Å². The number of imide groups is 1. The average Bonchev–Trinajstić information content (AvgIpc) is 3.09. The summed E-state index contributed by atoms with van der Waals surface area (Å²) in [4.78, 5) is 51.9. The predicted octanol–water partition coefficient (Wildman–Crippen LogP) is 3.75. The second-order valence-electron chi connectivity index (χ2n) is 7.86. The first-order valence-corrected chi connectivity index (χ1v) is 11.0. The van der Waals surface area contributed by atoms with Crippen LogP contribution < -0.4 is 9.64 Å². The Balaban J connectivity index is 1.58. The van der Waals surface area contributed by atoms with Gasteiger partial charge >= 0.3 is 18.2 Å². The average molecular weight is 472 g/mol. The molecule has 1 saturated heterocycles. The van der Waals surface area contributed by atoms with E-state index in [9.17, 15) is 19.2 Å². The highest BCUT2D eigenvalue weighted by atomic mass is 35.5. The third-order valence-corrected chi connectivity index (χ3v) is 6.19. The Bertz CT molecular complexity index is 1060. The quantitative estimate of drug-likeness (QED) is 0.359. The van der Waals surface area contributed by atoms with Gasteiger partial charge in [0.05, 0.1) is 35.2 Å². The molecule has 9 heteroatoms. The number of fused-ring (bicyclic) bond motifs is 1. The summed E-state index contributed by atoms with van der Waals surface area (Å²) in [6.45, 7) is 0. The molecular formula is C24H22ClNO7. The van der Waals surface area contributed by atoms with Crippen molar-refractivity contribution < 1.29 is 33.4 Å². The highest BCUT2D eigenvalue weighted by molar-refractivity contribution is 6.34.